The first-order chi connectivity index (χ1) is 26.0. The Morgan fingerprint density at radius 3 is 1.28 bits per heavy atom. The molecular formula is C47H91NO5. The molecule has 1 amide bonds. The molecule has 53 heavy (non-hydrogen) atoms. The highest BCUT2D eigenvalue weighted by Crippen LogP contribution is 2.15. The molecule has 0 saturated heterocycles. The van der Waals surface area contributed by atoms with Crippen LogP contribution in [-0.2, 0) is 14.3 Å². The summed E-state index contributed by atoms with van der Waals surface area (Å²) in [4.78, 5) is 24.4. The lowest BCUT2D eigenvalue weighted by molar-refractivity contribution is -0.143. The van der Waals surface area contributed by atoms with Crippen molar-refractivity contribution < 1.29 is 24.5 Å². The number of hydrogen-bond acceptors (Lipinski definition) is 5. The fourth-order valence-electron chi connectivity index (χ4n) is 7.16. The maximum absolute atomic E-state index is 12.4. The summed E-state index contributed by atoms with van der Waals surface area (Å²) in [5, 5.41) is 22.9. The molecule has 3 N–H and O–H groups in total. The number of allylic oxidation sites excluding steroid dienone is 1. The summed E-state index contributed by atoms with van der Waals surface area (Å²) in [5.41, 5.74) is 0. The zero-order valence-electron chi connectivity index (χ0n) is 35.5. The Hall–Kier alpha value is -1.40. The number of nitrogens with one attached hydrogen (secondary N) is 1. The quantitative estimate of drug-likeness (QED) is 0.0328. The maximum atomic E-state index is 12.4. The van der Waals surface area contributed by atoms with Crippen LogP contribution in [0.15, 0.2) is 12.2 Å². The minimum atomic E-state index is -0.851. The maximum Gasteiger partial charge on any atom is 0.305 e. The van der Waals surface area contributed by atoms with E-state index in [9.17, 15) is 19.8 Å². The number of carbonyl (C=O) groups excluding carboxylic acids is 2. The highest BCUT2D eigenvalue weighted by molar-refractivity contribution is 5.76. The molecule has 0 aliphatic carbocycles. The number of ether oxygens (including phenoxy) is 1. The monoisotopic (exact) mass is 750 g/mol. The Labute approximate surface area is 329 Å². The van der Waals surface area contributed by atoms with Crippen molar-refractivity contribution in [1.29, 1.82) is 0 Å². The van der Waals surface area contributed by atoms with E-state index in [0.29, 0.717) is 19.4 Å². The van der Waals surface area contributed by atoms with Crippen molar-refractivity contribution in [2.75, 3.05) is 13.2 Å². The van der Waals surface area contributed by atoms with Gasteiger partial charge in [-0.1, -0.05) is 219 Å². The molecule has 6 nitrogen and oxygen atoms in total. The van der Waals surface area contributed by atoms with E-state index >= 15 is 0 Å². The summed E-state index contributed by atoms with van der Waals surface area (Å²) >= 11 is 0. The van der Waals surface area contributed by atoms with Crippen LogP contribution >= 0.6 is 0 Å². The van der Waals surface area contributed by atoms with Crippen LogP contribution in [0.5, 0.6) is 0 Å². The van der Waals surface area contributed by atoms with E-state index in [1.54, 1.807) is 6.08 Å². The van der Waals surface area contributed by atoms with Gasteiger partial charge in [-0.2, -0.15) is 0 Å². The minimum Gasteiger partial charge on any atom is -0.466 e. The number of rotatable bonds is 43. The van der Waals surface area contributed by atoms with E-state index in [-0.39, 0.29) is 18.5 Å². The van der Waals surface area contributed by atoms with Crippen LogP contribution in [-0.4, -0.2) is 47.4 Å². The second-order valence-electron chi connectivity index (χ2n) is 16.1. The van der Waals surface area contributed by atoms with Crippen molar-refractivity contribution in [2.45, 2.75) is 264 Å². The minimum absolute atomic E-state index is 0.00920. The Balaban J connectivity index is 3.46. The lowest BCUT2D eigenvalue weighted by atomic mass is 10.0. The first kappa shape index (κ1) is 51.6. The van der Waals surface area contributed by atoms with Gasteiger partial charge in [-0.25, -0.2) is 0 Å². The molecule has 0 heterocycles. The molecule has 0 saturated carbocycles. The predicted molar refractivity (Wildman–Crippen MR) is 227 cm³/mol. The summed E-state index contributed by atoms with van der Waals surface area (Å²) in [5.74, 6) is -0.0944. The van der Waals surface area contributed by atoms with E-state index < -0.39 is 12.1 Å². The van der Waals surface area contributed by atoms with Crippen molar-refractivity contribution in [3.05, 3.63) is 12.2 Å². The molecule has 0 aromatic carbocycles. The van der Waals surface area contributed by atoms with Crippen LogP contribution in [0.3, 0.4) is 0 Å². The first-order valence-corrected chi connectivity index (χ1v) is 23.5. The highest BCUT2D eigenvalue weighted by Gasteiger charge is 2.18. The number of aliphatic hydroxyl groups is 2. The Morgan fingerprint density at radius 2 is 0.868 bits per heavy atom. The van der Waals surface area contributed by atoms with Crippen LogP contribution in [0.4, 0.5) is 0 Å². The molecule has 2 unspecified atom stereocenters. The van der Waals surface area contributed by atoms with Gasteiger partial charge in [0.05, 0.1) is 25.4 Å². The molecule has 0 aliphatic rings. The average molecular weight is 750 g/mol. The third kappa shape index (κ3) is 40.1. The Kier molecular flexibility index (Phi) is 42.2. The predicted octanol–water partition coefficient (Wildman–Crippen LogP) is 13.4. The number of unbranched alkanes of at least 4 members (excludes halogenated alkanes) is 32. The second-order valence-corrected chi connectivity index (χ2v) is 16.1. The molecule has 0 rings (SSSR count). The van der Waals surface area contributed by atoms with E-state index in [1.165, 1.54) is 167 Å². The lowest BCUT2D eigenvalue weighted by Gasteiger charge is -2.20. The summed E-state index contributed by atoms with van der Waals surface area (Å²) < 4.78 is 5.45. The molecule has 2 atom stereocenters. The number of carbonyl (C=O) groups is 2. The van der Waals surface area contributed by atoms with Gasteiger partial charge in [-0.3, -0.25) is 9.59 Å². The van der Waals surface area contributed by atoms with Gasteiger partial charge < -0.3 is 20.3 Å². The first-order valence-electron chi connectivity index (χ1n) is 23.5. The molecule has 0 fully saturated rings. The van der Waals surface area contributed by atoms with Crippen molar-refractivity contribution in [1.82, 2.24) is 5.32 Å². The largest absolute Gasteiger partial charge is 0.466 e. The highest BCUT2D eigenvalue weighted by atomic mass is 16.5. The van der Waals surface area contributed by atoms with Crippen LogP contribution in [0.25, 0.3) is 0 Å². The van der Waals surface area contributed by atoms with Crippen molar-refractivity contribution in [2.24, 2.45) is 0 Å². The SMILES string of the molecule is CCCCCCCCCC/C=C/C(O)C(CO)NC(=O)CCCCCCCCCCCCCCOC(=O)CCCCCCCCCCCCCCCC. The molecule has 0 bridgehead atoms. The van der Waals surface area contributed by atoms with Crippen molar-refractivity contribution in [3.63, 3.8) is 0 Å². The molecule has 0 radical (unpaired) electrons. The fraction of sp³-hybridized carbons (Fsp3) is 0.915. The van der Waals surface area contributed by atoms with Gasteiger partial charge in [-0.05, 0) is 32.1 Å². The molecular weight excluding hydrogens is 659 g/mol. The van der Waals surface area contributed by atoms with Crippen molar-refractivity contribution >= 4 is 11.9 Å². The fourth-order valence-corrected chi connectivity index (χ4v) is 7.16. The van der Waals surface area contributed by atoms with Crippen LogP contribution in [0, 0.1) is 0 Å². The molecule has 0 aromatic rings. The van der Waals surface area contributed by atoms with Gasteiger partial charge in [-0.15, -0.1) is 0 Å². The normalized spacial score (nSPS) is 12.8. The summed E-state index contributed by atoms with van der Waals surface area (Å²) in [6, 6.07) is -0.636. The molecule has 314 valence electrons. The summed E-state index contributed by atoms with van der Waals surface area (Å²) in [6.45, 7) is 4.84. The third-order valence-electron chi connectivity index (χ3n) is 10.8. The van der Waals surface area contributed by atoms with E-state index in [1.807, 2.05) is 6.08 Å². The molecule has 6 heteroatoms. The van der Waals surface area contributed by atoms with Crippen LogP contribution in [0.2, 0.25) is 0 Å². The number of esters is 1. The topological polar surface area (TPSA) is 95.9 Å². The number of aliphatic hydroxyl groups excluding tert-OH is 2. The van der Waals surface area contributed by atoms with Crippen molar-refractivity contribution in [3.8, 4) is 0 Å². The van der Waals surface area contributed by atoms with E-state index in [4.69, 9.17) is 4.74 Å². The van der Waals surface area contributed by atoms with Gasteiger partial charge in [0.25, 0.3) is 0 Å². The smallest absolute Gasteiger partial charge is 0.305 e. The zero-order chi connectivity index (χ0) is 38.7. The molecule has 0 aliphatic heterocycles. The summed E-state index contributed by atoms with van der Waals surface area (Å²) in [7, 11) is 0. The number of hydrogen-bond donors (Lipinski definition) is 3. The van der Waals surface area contributed by atoms with Gasteiger partial charge in [0.1, 0.15) is 0 Å². The second kappa shape index (κ2) is 43.3. The van der Waals surface area contributed by atoms with Gasteiger partial charge in [0.15, 0.2) is 0 Å². The van der Waals surface area contributed by atoms with Gasteiger partial charge >= 0.3 is 5.97 Å². The Bertz CT molecular complexity index is 787. The van der Waals surface area contributed by atoms with Crippen LogP contribution < -0.4 is 5.32 Å². The van der Waals surface area contributed by atoms with Gasteiger partial charge in [0, 0.05) is 12.8 Å². The van der Waals surface area contributed by atoms with Crippen LogP contribution in [0.1, 0.15) is 251 Å². The molecule has 0 spiro atoms. The summed E-state index contributed by atoms with van der Waals surface area (Å²) in [6.07, 6.45) is 47.7. The third-order valence-corrected chi connectivity index (χ3v) is 10.8. The Morgan fingerprint density at radius 1 is 0.509 bits per heavy atom. The van der Waals surface area contributed by atoms with E-state index in [2.05, 4.69) is 19.2 Å². The number of amides is 1. The van der Waals surface area contributed by atoms with Gasteiger partial charge in [0.2, 0.25) is 5.91 Å². The zero-order valence-corrected chi connectivity index (χ0v) is 35.5. The molecule has 0 aromatic heterocycles. The van der Waals surface area contributed by atoms with E-state index in [0.717, 1.165) is 57.8 Å². The average Bonchev–Trinajstić information content (AvgIpc) is 3.16. The lowest BCUT2D eigenvalue weighted by Crippen LogP contribution is -2.45. The standard InChI is InChI=1S/C47H91NO5/c1-3-5-7-9-11-13-15-16-17-21-25-29-33-37-41-47(52)53-42-38-34-30-26-22-19-18-20-24-28-32-36-40-46(51)48-44(43-49)45(50)39-35-31-27-23-14-12-10-8-6-4-2/h35,39,44-45,49-50H,3-34,36-38,40-43H2,1-2H3,(H,48,51)/b39-35+.